The number of hydrogen-bond donors (Lipinski definition) is 5. The molecule has 5 nitrogen and oxygen atoms in total. The van der Waals surface area contributed by atoms with Gasteiger partial charge in [-0.2, -0.15) is 0 Å². The van der Waals surface area contributed by atoms with Gasteiger partial charge in [0.1, 0.15) is 5.79 Å². The van der Waals surface area contributed by atoms with E-state index >= 15 is 0 Å². The average molecular weight is 245 g/mol. The van der Waals surface area contributed by atoms with Gasteiger partial charge in [0.15, 0.2) is 0 Å². The second-order valence-electron chi connectivity index (χ2n) is 5.17. The Balaban J connectivity index is 2.01. The number of nitrogens with two attached hydrogens (primary N) is 3. The molecule has 2 unspecified atom stereocenters. The molecule has 2 atom stereocenters. The van der Waals surface area contributed by atoms with Crippen molar-refractivity contribution in [2.24, 2.45) is 17.2 Å². The molecule has 1 saturated heterocycles. The molecule has 0 bridgehead atoms. The van der Waals surface area contributed by atoms with Gasteiger partial charge in [0.05, 0.1) is 0 Å². The van der Waals surface area contributed by atoms with Crippen LogP contribution in [0.1, 0.15) is 18.0 Å². The molecule has 3 rings (SSSR count). The number of nitrogens with one attached hydrogen (secondary N) is 2. The molecule has 0 amide bonds. The molecule has 1 aromatic carbocycles. The fraction of sp³-hybridized carbons (Fsp3) is 0.385. The Labute approximate surface area is 106 Å². The largest absolute Gasteiger partial charge is 0.358 e. The van der Waals surface area contributed by atoms with E-state index in [1.807, 2.05) is 18.2 Å². The van der Waals surface area contributed by atoms with Crippen LogP contribution >= 0.6 is 0 Å². The van der Waals surface area contributed by atoms with Crippen LogP contribution in [0.2, 0.25) is 0 Å². The molecule has 96 valence electrons. The lowest BCUT2D eigenvalue weighted by Crippen LogP contribution is -2.70. The first kappa shape index (κ1) is 11.7. The molecule has 8 N–H and O–H groups in total. The van der Waals surface area contributed by atoms with Crippen molar-refractivity contribution in [3.05, 3.63) is 36.0 Å². The van der Waals surface area contributed by atoms with E-state index in [0.717, 1.165) is 17.6 Å². The quantitative estimate of drug-likeness (QED) is 0.461. The van der Waals surface area contributed by atoms with Crippen molar-refractivity contribution < 1.29 is 0 Å². The minimum atomic E-state index is -0.906. The lowest BCUT2D eigenvalue weighted by Gasteiger charge is -2.41. The summed E-state index contributed by atoms with van der Waals surface area (Å²) in [5.74, 6) is -0.912. The van der Waals surface area contributed by atoms with Gasteiger partial charge in [-0.15, -0.1) is 0 Å². The van der Waals surface area contributed by atoms with Crippen molar-refractivity contribution in [1.29, 1.82) is 0 Å². The van der Waals surface area contributed by atoms with E-state index in [4.69, 9.17) is 17.2 Å². The van der Waals surface area contributed by atoms with Gasteiger partial charge in [-0.1, -0.05) is 18.2 Å². The summed E-state index contributed by atoms with van der Waals surface area (Å²) >= 11 is 0. The van der Waals surface area contributed by atoms with Gasteiger partial charge >= 0.3 is 0 Å². The van der Waals surface area contributed by atoms with Crippen LogP contribution in [0, 0.1) is 0 Å². The Hall–Kier alpha value is -1.40. The zero-order valence-corrected chi connectivity index (χ0v) is 10.2. The third-order valence-electron chi connectivity index (χ3n) is 3.71. The van der Waals surface area contributed by atoms with Crippen LogP contribution in [0.25, 0.3) is 10.9 Å². The van der Waals surface area contributed by atoms with Gasteiger partial charge in [0.2, 0.25) is 0 Å². The van der Waals surface area contributed by atoms with Crippen LogP contribution in [0.15, 0.2) is 30.3 Å². The predicted molar refractivity (Wildman–Crippen MR) is 72.7 cm³/mol. The van der Waals surface area contributed by atoms with E-state index in [1.165, 1.54) is 5.39 Å². The topological polar surface area (TPSA) is 106 Å². The molecule has 1 aliphatic rings. The summed E-state index contributed by atoms with van der Waals surface area (Å²) in [5.41, 5.74) is 20.4. The van der Waals surface area contributed by atoms with Gasteiger partial charge in [0, 0.05) is 29.7 Å². The van der Waals surface area contributed by atoms with Crippen LogP contribution in [-0.4, -0.2) is 23.4 Å². The summed E-state index contributed by atoms with van der Waals surface area (Å²) in [6.45, 7) is 0.656. The molecule has 1 aliphatic heterocycles. The highest BCUT2D eigenvalue weighted by Crippen LogP contribution is 2.30. The van der Waals surface area contributed by atoms with Crippen LogP contribution in [-0.2, 0) is 0 Å². The highest BCUT2D eigenvalue weighted by Gasteiger charge is 2.38. The normalized spacial score (nSPS) is 27.5. The molecule has 0 aliphatic carbocycles. The number of benzene rings is 1. The number of aromatic nitrogens is 1. The Morgan fingerprint density at radius 3 is 2.78 bits per heavy atom. The van der Waals surface area contributed by atoms with Crippen LogP contribution < -0.4 is 22.5 Å². The number of hydrogen-bond acceptors (Lipinski definition) is 4. The van der Waals surface area contributed by atoms with Gasteiger partial charge in [-0.3, -0.25) is 5.32 Å². The molecule has 1 fully saturated rings. The molecular weight excluding hydrogens is 226 g/mol. The average Bonchev–Trinajstić information content (AvgIpc) is 2.75. The van der Waals surface area contributed by atoms with Crippen molar-refractivity contribution in [3.8, 4) is 0 Å². The molecule has 2 heterocycles. The van der Waals surface area contributed by atoms with Gasteiger partial charge in [-0.05, 0) is 23.9 Å². The summed E-state index contributed by atoms with van der Waals surface area (Å²) in [6.07, 6.45) is 0.785. The molecular formula is C13H19N5. The standard InChI is InChI=1S/C13H19N5/c14-9-6-10(13(15,16)17-7-9)12-5-8-3-1-2-4-11(8)18-12/h1-5,9-10,17-18H,6-7,14-16H2. The number of fused-ring (bicyclic) bond motifs is 1. The first-order valence-corrected chi connectivity index (χ1v) is 6.22. The number of H-pyrrole nitrogens is 1. The van der Waals surface area contributed by atoms with Crippen molar-refractivity contribution in [2.75, 3.05) is 6.54 Å². The third-order valence-corrected chi connectivity index (χ3v) is 3.71. The first-order chi connectivity index (χ1) is 8.56. The van der Waals surface area contributed by atoms with Crippen molar-refractivity contribution >= 4 is 10.9 Å². The predicted octanol–water partition coefficient (Wildman–Crippen LogP) is 0.143. The maximum Gasteiger partial charge on any atom is 0.127 e. The monoisotopic (exact) mass is 245 g/mol. The summed E-state index contributed by atoms with van der Waals surface area (Å²) < 4.78 is 0. The minimum Gasteiger partial charge on any atom is -0.358 e. The van der Waals surface area contributed by atoms with Crippen LogP contribution in [0.3, 0.4) is 0 Å². The molecule has 18 heavy (non-hydrogen) atoms. The highest BCUT2D eigenvalue weighted by molar-refractivity contribution is 5.80. The second kappa shape index (κ2) is 4.07. The van der Waals surface area contributed by atoms with E-state index in [9.17, 15) is 0 Å². The second-order valence-corrected chi connectivity index (χ2v) is 5.17. The zero-order chi connectivity index (χ0) is 12.8. The first-order valence-electron chi connectivity index (χ1n) is 6.22. The molecule has 0 radical (unpaired) electrons. The Bertz CT molecular complexity index is 526. The summed E-state index contributed by atoms with van der Waals surface area (Å²) in [5, 5.41) is 4.28. The smallest absolute Gasteiger partial charge is 0.127 e. The Kier molecular flexibility index (Phi) is 2.64. The van der Waals surface area contributed by atoms with E-state index in [1.54, 1.807) is 0 Å². The lowest BCUT2D eigenvalue weighted by molar-refractivity contribution is 0.208. The molecule has 0 spiro atoms. The zero-order valence-electron chi connectivity index (χ0n) is 10.2. The minimum absolute atomic E-state index is 0.00588. The molecule has 0 saturated carbocycles. The Morgan fingerprint density at radius 2 is 2.00 bits per heavy atom. The molecule has 5 heteroatoms. The van der Waals surface area contributed by atoms with Crippen molar-refractivity contribution in [3.63, 3.8) is 0 Å². The van der Waals surface area contributed by atoms with Crippen LogP contribution in [0.5, 0.6) is 0 Å². The fourth-order valence-corrected chi connectivity index (χ4v) is 2.68. The Morgan fingerprint density at radius 1 is 1.22 bits per heavy atom. The molecule has 1 aromatic heterocycles. The number of piperidine rings is 1. The van der Waals surface area contributed by atoms with Crippen molar-refractivity contribution in [1.82, 2.24) is 10.3 Å². The third kappa shape index (κ3) is 1.91. The van der Waals surface area contributed by atoms with Gasteiger partial charge < -0.3 is 22.2 Å². The fourth-order valence-electron chi connectivity index (χ4n) is 2.68. The van der Waals surface area contributed by atoms with E-state index < -0.39 is 5.79 Å². The molecule has 2 aromatic rings. The van der Waals surface area contributed by atoms with Gasteiger partial charge in [-0.25, -0.2) is 0 Å². The van der Waals surface area contributed by atoms with E-state index in [0.29, 0.717) is 6.54 Å². The maximum absolute atomic E-state index is 6.13. The SMILES string of the molecule is NC1CNC(N)(N)C(c2cc3ccccc3[nH]2)C1. The van der Waals surface area contributed by atoms with Crippen molar-refractivity contribution in [2.45, 2.75) is 24.2 Å². The number of para-hydroxylation sites is 1. The van der Waals surface area contributed by atoms with Gasteiger partial charge in [0.25, 0.3) is 0 Å². The van der Waals surface area contributed by atoms with E-state index in [2.05, 4.69) is 22.4 Å². The summed E-state index contributed by atoms with van der Waals surface area (Å²) in [7, 11) is 0. The summed E-state index contributed by atoms with van der Waals surface area (Å²) in [4.78, 5) is 3.39. The van der Waals surface area contributed by atoms with E-state index in [-0.39, 0.29) is 12.0 Å². The number of aromatic amines is 1. The maximum atomic E-state index is 6.13. The van der Waals surface area contributed by atoms with Crippen LogP contribution in [0.4, 0.5) is 0 Å². The lowest BCUT2D eigenvalue weighted by atomic mass is 9.86. The highest BCUT2D eigenvalue weighted by atomic mass is 15.2. The summed E-state index contributed by atoms with van der Waals surface area (Å²) in [6, 6.07) is 10.3. The number of rotatable bonds is 1.